The third-order valence-corrected chi connectivity index (χ3v) is 2.97. The van der Waals surface area contributed by atoms with Crippen LogP contribution in [0.4, 0.5) is 5.82 Å². The molecule has 1 aromatic carbocycles. The highest BCUT2D eigenvalue weighted by Gasteiger charge is 2.07. The monoisotopic (exact) mass is 282 g/mol. The lowest BCUT2D eigenvalue weighted by Gasteiger charge is -2.01. The molecular formula is C16H18N4O. The fraction of sp³-hybridized carbons (Fsp3) is 0.312. The molecule has 0 saturated heterocycles. The average molecular weight is 282 g/mol. The zero-order chi connectivity index (χ0) is 14.9. The second-order valence-electron chi connectivity index (χ2n) is 4.52. The third-order valence-electron chi connectivity index (χ3n) is 2.97. The molecule has 0 spiro atoms. The molecule has 0 fully saturated rings. The maximum atomic E-state index is 9.07. The van der Waals surface area contributed by atoms with E-state index in [0.29, 0.717) is 18.0 Å². The predicted octanol–water partition coefficient (Wildman–Crippen LogP) is 3.08. The molecule has 0 radical (unpaired) electrons. The number of aromatic nitrogens is 2. The van der Waals surface area contributed by atoms with E-state index in [1.165, 1.54) is 12.0 Å². The van der Waals surface area contributed by atoms with Crippen LogP contribution in [-0.4, -0.2) is 22.8 Å². The maximum absolute atomic E-state index is 9.07. The molecule has 21 heavy (non-hydrogen) atoms. The highest BCUT2D eigenvalue weighted by molar-refractivity contribution is 5.57. The number of nitrogens with zero attached hydrogens (tertiary/aromatic N) is 4. The van der Waals surface area contributed by atoms with Crippen molar-refractivity contribution >= 4 is 12.2 Å². The fourth-order valence-electron chi connectivity index (χ4n) is 1.95. The Kier molecular flexibility index (Phi) is 5.53. The molecule has 0 aliphatic carbocycles. The van der Waals surface area contributed by atoms with Gasteiger partial charge in [-0.05, 0) is 25.3 Å². The first-order valence-electron chi connectivity index (χ1n) is 6.99. The van der Waals surface area contributed by atoms with Gasteiger partial charge in [-0.3, -0.25) is 4.68 Å². The van der Waals surface area contributed by atoms with Crippen molar-refractivity contribution in [2.24, 2.45) is 4.99 Å². The standard InChI is InChI=1S/C16H18N4O/c1-2-21-13-18-16-15(11-17)12-20(19-16)10-6-9-14-7-4-3-5-8-14/h3-5,7-8,12-13H,2,6,9-10H2,1H3. The lowest BCUT2D eigenvalue weighted by molar-refractivity contribution is 0.344. The lowest BCUT2D eigenvalue weighted by Crippen LogP contribution is -2.00. The number of aryl methyl sites for hydroxylation is 2. The Labute approximate surface area is 124 Å². The summed E-state index contributed by atoms with van der Waals surface area (Å²) < 4.78 is 6.80. The minimum absolute atomic E-state index is 0.408. The van der Waals surface area contributed by atoms with Gasteiger partial charge in [0.2, 0.25) is 0 Å². The molecule has 1 heterocycles. The second-order valence-corrected chi connectivity index (χ2v) is 4.52. The van der Waals surface area contributed by atoms with E-state index in [9.17, 15) is 0 Å². The first-order chi connectivity index (χ1) is 10.3. The molecule has 0 amide bonds. The van der Waals surface area contributed by atoms with Gasteiger partial charge in [0.15, 0.2) is 12.2 Å². The normalized spacial score (nSPS) is 10.7. The van der Waals surface area contributed by atoms with E-state index in [1.807, 2.05) is 25.1 Å². The summed E-state index contributed by atoms with van der Waals surface area (Å²) >= 11 is 0. The molecule has 0 saturated carbocycles. The number of nitriles is 1. The quantitative estimate of drug-likeness (QED) is 0.579. The molecule has 108 valence electrons. The summed E-state index contributed by atoms with van der Waals surface area (Å²) in [6.07, 6.45) is 5.01. The zero-order valence-electron chi connectivity index (χ0n) is 12.1. The van der Waals surface area contributed by atoms with Crippen LogP contribution in [0.3, 0.4) is 0 Å². The molecule has 5 nitrogen and oxygen atoms in total. The molecule has 0 N–H and O–H groups in total. The van der Waals surface area contributed by atoms with Crippen LogP contribution in [-0.2, 0) is 17.7 Å². The molecule has 1 aromatic heterocycles. The van der Waals surface area contributed by atoms with Crippen molar-refractivity contribution in [3.05, 3.63) is 47.7 Å². The third kappa shape index (κ3) is 4.46. The van der Waals surface area contributed by atoms with Crippen LogP contribution in [0.2, 0.25) is 0 Å². The van der Waals surface area contributed by atoms with Crippen molar-refractivity contribution in [3.8, 4) is 6.07 Å². The number of ether oxygens (including phenoxy) is 1. The molecule has 2 aromatic rings. The van der Waals surface area contributed by atoms with Gasteiger partial charge >= 0.3 is 0 Å². The van der Waals surface area contributed by atoms with Crippen molar-refractivity contribution in [3.63, 3.8) is 0 Å². The minimum Gasteiger partial charge on any atom is -0.483 e. The average Bonchev–Trinajstić information content (AvgIpc) is 2.91. The lowest BCUT2D eigenvalue weighted by atomic mass is 10.1. The van der Waals surface area contributed by atoms with Gasteiger partial charge in [-0.25, -0.2) is 0 Å². The van der Waals surface area contributed by atoms with Gasteiger partial charge < -0.3 is 4.74 Å². The van der Waals surface area contributed by atoms with Crippen molar-refractivity contribution in [1.29, 1.82) is 5.26 Å². The van der Waals surface area contributed by atoms with Gasteiger partial charge in [-0.1, -0.05) is 30.3 Å². The Morgan fingerprint density at radius 3 is 2.90 bits per heavy atom. The van der Waals surface area contributed by atoms with Gasteiger partial charge in [0.05, 0.1) is 6.61 Å². The van der Waals surface area contributed by atoms with Crippen molar-refractivity contribution in [1.82, 2.24) is 9.78 Å². The van der Waals surface area contributed by atoms with Crippen molar-refractivity contribution in [2.45, 2.75) is 26.3 Å². The number of hydrogen-bond donors (Lipinski definition) is 0. The Balaban J connectivity index is 1.93. The Hall–Kier alpha value is -2.61. The highest BCUT2D eigenvalue weighted by atomic mass is 16.5. The second kappa shape index (κ2) is 7.85. The summed E-state index contributed by atoms with van der Waals surface area (Å²) in [6, 6.07) is 12.4. The van der Waals surface area contributed by atoms with Crippen LogP contribution in [0.1, 0.15) is 24.5 Å². The first kappa shape index (κ1) is 14.8. The molecule has 0 bridgehead atoms. The summed E-state index contributed by atoms with van der Waals surface area (Å²) in [4.78, 5) is 4.05. The van der Waals surface area contributed by atoms with E-state index in [0.717, 1.165) is 19.4 Å². The molecule has 2 rings (SSSR count). The van der Waals surface area contributed by atoms with E-state index in [1.54, 1.807) is 10.9 Å². The van der Waals surface area contributed by atoms with E-state index in [-0.39, 0.29) is 0 Å². The molecule has 0 unspecified atom stereocenters. The minimum atomic E-state index is 0.408. The van der Waals surface area contributed by atoms with Crippen LogP contribution >= 0.6 is 0 Å². The summed E-state index contributed by atoms with van der Waals surface area (Å²) in [6.45, 7) is 3.18. The largest absolute Gasteiger partial charge is 0.483 e. The van der Waals surface area contributed by atoms with Crippen molar-refractivity contribution < 1.29 is 4.74 Å². The summed E-state index contributed by atoms with van der Waals surface area (Å²) in [5.74, 6) is 0.408. The Bertz CT molecular complexity index is 625. The summed E-state index contributed by atoms with van der Waals surface area (Å²) in [5.41, 5.74) is 1.77. The fourth-order valence-corrected chi connectivity index (χ4v) is 1.95. The maximum Gasteiger partial charge on any atom is 0.194 e. The van der Waals surface area contributed by atoms with Gasteiger partial charge in [0, 0.05) is 12.7 Å². The van der Waals surface area contributed by atoms with Crippen LogP contribution < -0.4 is 0 Å². The SMILES string of the molecule is CCOC=Nc1nn(CCCc2ccccc2)cc1C#N. The van der Waals surface area contributed by atoms with E-state index in [4.69, 9.17) is 10.00 Å². The van der Waals surface area contributed by atoms with Gasteiger partial charge in [0.25, 0.3) is 0 Å². The molecule has 0 atom stereocenters. The van der Waals surface area contributed by atoms with E-state index < -0.39 is 0 Å². The zero-order valence-corrected chi connectivity index (χ0v) is 12.1. The molecule has 0 aliphatic rings. The highest BCUT2D eigenvalue weighted by Crippen LogP contribution is 2.15. The molecule has 0 aliphatic heterocycles. The molecular weight excluding hydrogens is 264 g/mol. The van der Waals surface area contributed by atoms with Crippen LogP contribution in [0.25, 0.3) is 0 Å². The van der Waals surface area contributed by atoms with Gasteiger partial charge in [-0.15, -0.1) is 0 Å². The molecule has 5 heteroatoms. The summed E-state index contributed by atoms with van der Waals surface area (Å²) in [7, 11) is 0. The first-order valence-corrected chi connectivity index (χ1v) is 6.99. The van der Waals surface area contributed by atoms with Crippen LogP contribution in [0.15, 0.2) is 41.5 Å². The number of hydrogen-bond acceptors (Lipinski definition) is 4. The van der Waals surface area contributed by atoms with Gasteiger partial charge in [-0.2, -0.15) is 15.4 Å². The number of aliphatic imine (C=N–C) groups is 1. The Morgan fingerprint density at radius 2 is 2.19 bits per heavy atom. The van der Waals surface area contributed by atoms with Crippen molar-refractivity contribution in [2.75, 3.05) is 6.61 Å². The van der Waals surface area contributed by atoms with E-state index in [2.05, 4.69) is 28.3 Å². The van der Waals surface area contributed by atoms with Crippen LogP contribution in [0, 0.1) is 11.3 Å². The van der Waals surface area contributed by atoms with Gasteiger partial charge in [0.1, 0.15) is 11.6 Å². The van der Waals surface area contributed by atoms with E-state index >= 15 is 0 Å². The topological polar surface area (TPSA) is 63.2 Å². The van der Waals surface area contributed by atoms with Crippen LogP contribution in [0.5, 0.6) is 0 Å². The number of rotatable bonds is 7. The number of benzene rings is 1. The summed E-state index contributed by atoms with van der Waals surface area (Å²) in [5, 5.41) is 13.4. The Morgan fingerprint density at radius 1 is 1.38 bits per heavy atom. The smallest absolute Gasteiger partial charge is 0.194 e. The predicted molar refractivity (Wildman–Crippen MR) is 81.5 cm³/mol.